The van der Waals surface area contributed by atoms with Crippen LogP contribution < -0.4 is 4.74 Å². The maximum Gasteiger partial charge on any atom is 0.125 e. The largest absolute Gasteiger partial charge is 0.494 e. The van der Waals surface area contributed by atoms with Gasteiger partial charge in [0.2, 0.25) is 0 Å². The Labute approximate surface area is 163 Å². The molecule has 1 saturated carbocycles. The van der Waals surface area contributed by atoms with Crippen molar-refractivity contribution < 1.29 is 9.47 Å². The third-order valence-electron chi connectivity index (χ3n) is 4.77. The number of fused-ring (bicyclic) bond motifs is 1. The molecular formula is C21H22ClN3O2. The third-order valence-corrected chi connectivity index (χ3v) is 5.20. The van der Waals surface area contributed by atoms with Crippen molar-refractivity contribution in [1.29, 1.82) is 0 Å². The first-order valence-corrected chi connectivity index (χ1v) is 9.57. The zero-order valence-corrected chi connectivity index (χ0v) is 16.5. The second-order valence-corrected chi connectivity index (χ2v) is 7.20. The molecule has 5 nitrogen and oxygen atoms in total. The highest BCUT2D eigenvalue weighted by Crippen LogP contribution is 2.51. The van der Waals surface area contributed by atoms with Gasteiger partial charge in [0.1, 0.15) is 11.6 Å². The summed E-state index contributed by atoms with van der Waals surface area (Å²) in [5.74, 6) is 2.07. The number of nitrogens with zero attached hydrogens (tertiary/aromatic N) is 3. The number of benzene rings is 1. The van der Waals surface area contributed by atoms with Gasteiger partial charge in [-0.15, -0.1) is 0 Å². The first kappa shape index (κ1) is 18.1. The number of aromatic nitrogens is 3. The van der Waals surface area contributed by atoms with Crippen molar-refractivity contribution in [3.63, 3.8) is 0 Å². The number of aryl methyl sites for hydroxylation is 1. The quantitative estimate of drug-likeness (QED) is 0.594. The maximum atomic E-state index is 6.84. The minimum atomic E-state index is 0.423. The summed E-state index contributed by atoms with van der Waals surface area (Å²) in [6.45, 7) is 4.89. The SMILES string of the molecule is CCOc1cc(COC)c(Cl)c(-c2cc3cnc(C)nc3cn2)c1C1CC1. The Hall–Kier alpha value is -2.24. The number of halogens is 1. The van der Waals surface area contributed by atoms with E-state index in [4.69, 9.17) is 21.1 Å². The van der Waals surface area contributed by atoms with Crippen LogP contribution in [0.15, 0.2) is 24.5 Å². The van der Waals surface area contributed by atoms with Gasteiger partial charge in [-0.05, 0) is 44.7 Å². The summed E-state index contributed by atoms with van der Waals surface area (Å²) in [6, 6.07) is 4.02. The van der Waals surface area contributed by atoms with Crippen LogP contribution in [0.25, 0.3) is 22.2 Å². The zero-order chi connectivity index (χ0) is 19.0. The lowest BCUT2D eigenvalue weighted by Crippen LogP contribution is -2.03. The van der Waals surface area contributed by atoms with Crippen molar-refractivity contribution in [3.05, 3.63) is 46.5 Å². The Morgan fingerprint density at radius 2 is 2.00 bits per heavy atom. The second kappa shape index (κ2) is 7.41. The number of ether oxygens (including phenoxy) is 2. The molecule has 1 fully saturated rings. The fourth-order valence-electron chi connectivity index (χ4n) is 3.43. The molecule has 0 saturated heterocycles. The minimum Gasteiger partial charge on any atom is -0.494 e. The second-order valence-electron chi connectivity index (χ2n) is 6.82. The van der Waals surface area contributed by atoms with Crippen molar-refractivity contribution in [2.45, 2.75) is 39.2 Å². The van der Waals surface area contributed by atoms with Gasteiger partial charge in [-0.25, -0.2) is 9.97 Å². The average molecular weight is 384 g/mol. The topological polar surface area (TPSA) is 57.1 Å². The van der Waals surface area contributed by atoms with E-state index >= 15 is 0 Å². The fourth-order valence-corrected chi connectivity index (χ4v) is 3.74. The van der Waals surface area contributed by atoms with Crippen LogP contribution >= 0.6 is 11.6 Å². The Balaban J connectivity index is 1.95. The summed E-state index contributed by atoms with van der Waals surface area (Å²) < 4.78 is 11.3. The van der Waals surface area contributed by atoms with E-state index in [1.165, 1.54) is 0 Å². The van der Waals surface area contributed by atoms with Gasteiger partial charge in [-0.3, -0.25) is 4.98 Å². The molecule has 3 aromatic rings. The Morgan fingerprint density at radius 1 is 1.19 bits per heavy atom. The van der Waals surface area contributed by atoms with Crippen LogP contribution in [0.5, 0.6) is 5.75 Å². The number of pyridine rings is 1. The summed E-state index contributed by atoms with van der Waals surface area (Å²) in [5, 5.41) is 1.63. The van der Waals surface area contributed by atoms with Crippen LogP contribution in [0.4, 0.5) is 0 Å². The highest BCUT2D eigenvalue weighted by molar-refractivity contribution is 6.34. The number of hydrogen-bond acceptors (Lipinski definition) is 5. The van der Waals surface area contributed by atoms with E-state index in [0.29, 0.717) is 24.2 Å². The molecule has 6 heteroatoms. The van der Waals surface area contributed by atoms with Gasteiger partial charge in [0, 0.05) is 35.4 Å². The predicted octanol–water partition coefficient (Wildman–Crippen LogP) is 5.08. The first-order chi connectivity index (χ1) is 13.1. The summed E-state index contributed by atoms with van der Waals surface area (Å²) in [7, 11) is 1.67. The molecule has 27 heavy (non-hydrogen) atoms. The van der Waals surface area contributed by atoms with Crippen molar-refractivity contribution in [1.82, 2.24) is 15.0 Å². The lowest BCUT2D eigenvalue weighted by molar-refractivity contribution is 0.184. The summed E-state index contributed by atoms with van der Waals surface area (Å²) in [5.41, 5.74) is 4.65. The molecular weight excluding hydrogens is 362 g/mol. The molecule has 140 valence electrons. The van der Waals surface area contributed by atoms with Crippen LogP contribution in [0.1, 0.15) is 42.6 Å². The van der Waals surface area contributed by atoms with E-state index in [1.807, 2.05) is 32.2 Å². The van der Waals surface area contributed by atoms with Gasteiger partial charge in [0.25, 0.3) is 0 Å². The Bertz CT molecular complexity index is 1000. The van der Waals surface area contributed by atoms with Gasteiger partial charge >= 0.3 is 0 Å². The van der Waals surface area contributed by atoms with Crippen LogP contribution in [0.3, 0.4) is 0 Å². The smallest absolute Gasteiger partial charge is 0.125 e. The van der Waals surface area contributed by atoms with Crippen LogP contribution in [0, 0.1) is 6.92 Å². The zero-order valence-electron chi connectivity index (χ0n) is 15.8. The molecule has 2 heterocycles. The minimum absolute atomic E-state index is 0.423. The van der Waals surface area contributed by atoms with Crippen molar-refractivity contribution in [2.75, 3.05) is 13.7 Å². The number of methoxy groups -OCH3 is 1. The Kier molecular flexibility index (Phi) is 4.98. The first-order valence-electron chi connectivity index (χ1n) is 9.19. The summed E-state index contributed by atoms with van der Waals surface area (Å²) >= 11 is 6.84. The molecule has 0 aliphatic heterocycles. The predicted molar refractivity (Wildman–Crippen MR) is 106 cm³/mol. The van der Waals surface area contributed by atoms with Crippen LogP contribution in [-0.4, -0.2) is 28.7 Å². The fraction of sp³-hybridized carbons (Fsp3) is 0.381. The molecule has 1 aromatic carbocycles. The molecule has 0 amide bonds. The molecule has 2 aromatic heterocycles. The van der Waals surface area contributed by atoms with Crippen LogP contribution in [0.2, 0.25) is 5.02 Å². The highest BCUT2D eigenvalue weighted by atomic mass is 35.5. The highest BCUT2D eigenvalue weighted by Gasteiger charge is 2.32. The van der Waals surface area contributed by atoms with E-state index in [0.717, 1.165) is 57.7 Å². The molecule has 0 unspecified atom stereocenters. The summed E-state index contributed by atoms with van der Waals surface area (Å²) in [6.07, 6.45) is 5.90. The van der Waals surface area contributed by atoms with E-state index in [9.17, 15) is 0 Å². The van der Waals surface area contributed by atoms with Gasteiger partial charge in [-0.1, -0.05) is 11.6 Å². The lowest BCUT2D eigenvalue weighted by atomic mass is 9.95. The lowest BCUT2D eigenvalue weighted by Gasteiger charge is -2.19. The van der Waals surface area contributed by atoms with Gasteiger partial charge in [-0.2, -0.15) is 0 Å². The maximum absolute atomic E-state index is 6.84. The van der Waals surface area contributed by atoms with E-state index in [1.54, 1.807) is 13.3 Å². The average Bonchev–Trinajstić information content (AvgIpc) is 3.49. The van der Waals surface area contributed by atoms with E-state index < -0.39 is 0 Å². The standard InChI is InChI=1S/C21H22ClN3O2/c1-4-27-18-8-15(11-26-3)21(22)20(19(18)13-5-6-13)16-7-14-9-23-12(2)25-17(14)10-24-16/h7-10,13H,4-6,11H2,1-3H3. The number of rotatable bonds is 6. The van der Waals surface area contributed by atoms with Gasteiger partial charge < -0.3 is 9.47 Å². The Morgan fingerprint density at radius 3 is 2.70 bits per heavy atom. The van der Waals surface area contributed by atoms with Gasteiger partial charge in [0.05, 0.1) is 35.6 Å². The molecule has 1 aliphatic carbocycles. The normalized spacial score (nSPS) is 13.9. The van der Waals surface area contributed by atoms with E-state index in [-0.39, 0.29) is 0 Å². The molecule has 0 atom stereocenters. The molecule has 0 spiro atoms. The molecule has 0 radical (unpaired) electrons. The third kappa shape index (κ3) is 3.49. The number of hydrogen-bond donors (Lipinski definition) is 0. The molecule has 0 N–H and O–H groups in total. The van der Waals surface area contributed by atoms with Crippen molar-refractivity contribution in [3.8, 4) is 17.0 Å². The van der Waals surface area contributed by atoms with Crippen molar-refractivity contribution in [2.24, 2.45) is 0 Å². The summed E-state index contributed by atoms with van der Waals surface area (Å²) in [4.78, 5) is 13.4. The van der Waals surface area contributed by atoms with Gasteiger partial charge in [0.15, 0.2) is 0 Å². The van der Waals surface area contributed by atoms with E-state index in [2.05, 4.69) is 15.0 Å². The monoisotopic (exact) mass is 383 g/mol. The van der Waals surface area contributed by atoms with Crippen molar-refractivity contribution >= 4 is 22.5 Å². The molecule has 0 bridgehead atoms. The molecule has 4 rings (SSSR count). The molecule has 1 aliphatic rings. The van der Waals surface area contributed by atoms with Crippen LogP contribution in [-0.2, 0) is 11.3 Å².